The zero-order valence-electron chi connectivity index (χ0n) is 5.04. The zero-order valence-corrected chi connectivity index (χ0v) is 6.63. The molecule has 0 rings (SSSR count). The Morgan fingerprint density at radius 2 is 2.44 bits per heavy atom. The minimum atomic E-state index is -0.447. The highest BCUT2D eigenvalue weighted by molar-refractivity contribution is 9.09. The van der Waals surface area contributed by atoms with Gasteiger partial charge in [0.25, 0.3) is 0 Å². The number of nitrogens with zero attached hydrogens (tertiary/aromatic N) is 1. The molecule has 0 bridgehead atoms. The lowest BCUT2D eigenvalue weighted by Crippen LogP contribution is -2.16. The van der Waals surface area contributed by atoms with Gasteiger partial charge in [0.05, 0.1) is 0 Å². The van der Waals surface area contributed by atoms with Crippen molar-refractivity contribution in [2.45, 2.75) is 11.9 Å². The molecule has 0 aromatic heterocycles. The maximum absolute atomic E-state index is 9.78. The largest absolute Gasteiger partial charge is 0.360 e. The predicted octanol–water partition coefficient (Wildman–Crippen LogP) is 1.02. The molecule has 0 amide bonds. The highest BCUT2D eigenvalue weighted by Crippen LogP contribution is 2.00. The quantitative estimate of drug-likeness (QED) is 0.385. The standard InChI is InChI=1S/C4H8BrNO3/c1-2-9-4(5)3-6(7)8/h4H,2-3H2,1H3. The summed E-state index contributed by atoms with van der Waals surface area (Å²) in [6, 6.07) is 0. The van der Waals surface area contributed by atoms with E-state index in [9.17, 15) is 10.1 Å². The molecular formula is C4H8BrNO3. The van der Waals surface area contributed by atoms with Gasteiger partial charge in [-0.05, 0) is 6.92 Å². The van der Waals surface area contributed by atoms with Gasteiger partial charge in [0.2, 0.25) is 6.54 Å². The van der Waals surface area contributed by atoms with Gasteiger partial charge in [-0.2, -0.15) is 0 Å². The molecule has 0 aliphatic rings. The fraction of sp³-hybridized carbons (Fsp3) is 1.00. The fourth-order valence-corrected chi connectivity index (χ4v) is 0.852. The molecule has 1 unspecified atom stereocenters. The van der Waals surface area contributed by atoms with Crippen molar-refractivity contribution in [3.8, 4) is 0 Å². The summed E-state index contributed by atoms with van der Waals surface area (Å²) >= 11 is 2.97. The van der Waals surface area contributed by atoms with Gasteiger partial charge in [-0.1, -0.05) is 15.9 Å². The molecule has 0 saturated carbocycles. The fourth-order valence-electron chi connectivity index (χ4n) is 0.351. The van der Waals surface area contributed by atoms with E-state index in [1.54, 1.807) is 6.92 Å². The second-order valence-corrected chi connectivity index (χ2v) is 2.40. The van der Waals surface area contributed by atoms with Gasteiger partial charge in [-0.3, -0.25) is 10.1 Å². The topological polar surface area (TPSA) is 52.4 Å². The van der Waals surface area contributed by atoms with Crippen molar-refractivity contribution in [3.05, 3.63) is 10.1 Å². The van der Waals surface area contributed by atoms with Crippen molar-refractivity contribution in [3.63, 3.8) is 0 Å². The third-order valence-corrected chi connectivity index (χ3v) is 1.19. The van der Waals surface area contributed by atoms with Crippen LogP contribution in [0.25, 0.3) is 0 Å². The second-order valence-electron chi connectivity index (χ2n) is 1.38. The number of ether oxygens (including phenoxy) is 1. The molecule has 0 saturated heterocycles. The molecule has 0 N–H and O–H groups in total. The molecule has 9 heavy (non-hydrogen) atoms. The first-order valence-corrected chi connectivity index (χ1v) is 3.46. The number of hydrogen-bond donors (Lipinski definition) is 0. The number of hydrogen-bond acceptors (Lipinski definition) is 3. The lowest BCUT2D eigenvalue weighted by atomic mass is 10.7. The highest BCUT2D eigenvalue weighted by Gasteiger charge is 2.08. The van der Waals surface area contributed by atoms with Crippen molar-refractivity contribution in [2.24, 2.45) is 0 Å². The number of nitro groups is 1. The van der Waals surface area contributed by atoms with Gasteiger partial charge >= 0.3 is 0 Å². The molecule has 0 heterocycles. The normalized spacial score (nSPS) is 13.1. The van der Waals surface area contributed by atoms with E-state index in [1.807, 2.05) is 0 Å². The predicted molar refractivity (Wildman–Crippen MR) is 36.2 cm³/mol. The summed E-state index contributed by atoms with van der Waals surface area (Å²) in [5, 5.41) is 9.33. The Hall–Kier alpha value is -0.160. The van der Waals surface area contributed by atoms with Gasteiger partial charge < -0.3 is 4.74 Å². The molecule has 5 heteroatoms. The summed E-state index contributed by atoms with van der Waals surface area (Å²) in [6.45, 7) is 2.09. The third-order valence-electron chi connectivity index (χ3n) is 0.640. The van der Waals surface area contributed by atoms with Gasteiger partial charge in [0.1, 0.15) is 0 Å². The van der Waals surface area contributed by atoms with Crippen LogP contribution in [0, 0.1) is 10.1 Å². The molecule has 0 spiro atoms. The molecule has 0 aliphatic heterocycles. The molecule has 0 radical (unpaired) electrons. The van der Waals surface area contributed by atoms with E-state index in [1.165, 1.54) is 0 Å². The molecule has 0 fully saturated rings. The van der Waals surface area contributed by atoms with Crippen LogP contribution < -0.4 is 0 Å². The smallest absolute Gasteiger partial charge is 0.239 e. The summed E-state index contributed by atoms with van der Waals surface area (Å²) in [6.07, 6.45) is 0. The van der Waals surface area contributed by atoms with Crippen molar-refractivity contribution in [1.82, 2.24) is 0 Å². The average molecular weight is 198 g/mol. The molecule has 4 nitrogen and oxygen atoms in total. The molecule has 54 valence electrons. The minimum Gasteiger partial charge on any atom is -0.360 e. The van der Waals surface area contributed by atoms with E-state index in [4.69, 9.17) is 4.74 Å². The summed E-state index contributed by atoms with van der Waals surface area (Å²) in [7, 11) is 0. The summed E-state index contributed by atoms with van der Waals surface area (Å²) in [4.78, 5) is 9.36. The highest BCUT2D eigenvalue weighted by atomic mass is 79.9. The van der Waals surface area contributed by atoms with Crippen LogP contribution in [0.4, 0.5) is 0 Å². The first-order chi connectivity index (χ1) is 4.16. The molecule has 0 aliphatic carbocycles. The van der Waals surface area contributed by atoms with Gasteiger partial charge in [0, 0.05) is 11.5 Å². The monoisotopic (exact) mass is 197 g/mol. The van der Waals surface area contributed by atoms with E-state index in [0.717, 1.165) is 0 Å². The lowest BCUT2D eigenvalue weighted by Gasteiger charge is -2.02. The van der Waals surface area contributed by atoms with Crippen molar-refractivity contribution >= 4 is 15.9 Å². The van der Waals surface area contributed by atoms with Crippen LogP contribution in [0.5, 0.6) is 0 Å². The Morgan fingerprint density at radius 1 is 1.89 bits per heavy atom. The Labute approximate surface area is 61.5 Å². The summed E-state index contributed by atoms with van der Waals surface area (Å²) in [5.41, 5.74) is 0. The Morgan fingerprint density at radius 3 is 2.78 bits per heavy atom. The van der Waals surface area contributed by atoms with Crippen LogP contribution >= 0.6 is 15.9 Å². The average Bonchev–Trinajstić information content (AvgIpc) is 1.63. The first-order valence-electron chi connectivity index (χ1n) is 2.54. The van der Waals surface area contributed by atoms with E-state index in [2.05, 4.69) is 15.9 Å². The third kappa shape index (κ3) is 5.72. The summed E-state index contributed by atoms with van der Waals surface area (Å²) < 4.78 is 4.83. The number of halogens is 1. The van der Waals surface area contributed by atoms with Gasteiger partial charge in [0.15, 0.2) is 5.01 Å². The minimum absolute atomic E-state index is 0.187. The number of rotatable bonds is 4. The number of alkyl halides is 1. The van der Waals surface area contributed by atoms with Gasteiger partial charge in [-0.25, -0.2) is 0 Å². The first kappa shape index (κ1) is 8.84. The Kier molecular flexibility index (Phi) is 4.61. The molecule has 1 atom stereocenters. The maximum Gasteiger partial charge on any atom is 0.239 e. The van der Waals surface area contributed by atoms with Crippen LogP contribution in [0.15, 0.2) is 0 Å². The van der Waals surface area contributed by atoms with E-state index >= 15 is 0 Å². The molecular weight excluding hydrogens is 190 g/mol. The van der Waals surface area contributed by atoms with E-state index < -0.39 is 9.94 Å². The lowest BCUT2D eigenvalue weighted by molar-refractivity contribution is -0.485. The summed E-state index contributed by atoms with van der Waals surface area (Å²) in [5.74, 6) is 0. The van der Waals surface area contributed by atoms with Crippen molar-refractivity contribution in [1.29, 1.82) is 0 Å². The van der Waals surface area contributed by atoms with Crippen LogP contribution in [0.2, 0.25) is 0 Å². The van der Waals surface area contributed by atoms with Crippen LogP contribution in [0.1, 0.15) is 6.92 Å². The van der Waals surface area contributed by atoms with Crippen LogP contribution in [-0.4, -0.2) is 23.1 Å². The molecule has 0 aromatic rings. The SMILES string of the molecule is CCOC(Br)C[N+](=O)[O-]. The zero-order chi connectivity index (χ0) is 7.28. The van der Waals surface area contributed by atoms with E-state index in [0.29, 0.717) is 6.61 Å². The van der Waals surface area contributed by atoms with Crippen LogP contribution in [0.3, 0.4) is 0 Å². The van der Waals surface area contributed by atoms with Gasteiger partial charge in [-0.15, -0.1) is 0 Å². The Balaban J connectivity index is 3.26. The van der Waals surface area contributed by atoms with Crippen molar-refractivity contribution in [2.75, 3.05) is 13.2 Å². The maximum atomic E-state index is 9.78. The van der Waals surface area contributed by atoms with Crippen LogP contribution in [-0.2, 0) is 4.74 Å². The van der Waals surface area contributed by atoms with E-state index in [-0.39, 0.29) is 6.54 Å². The van der Waals surface area contributed by atoms with Crippen molar-refractivity contribution < 1.29 is 9.66 Å². The molecule has 0 aromatic carbocycles. The second kappa shape index (κ2) is 4.69. The Bertz CT molecular complexity index is 97.8.